The largest absolute Gasteiger partial charge is 0.298 e. The van der Waals surface area contributed by atoms with Crippen molar-refractivity contribution < 1.29 is 13.2 Å². The lowest BCUT2D eigenvalue weighted by atomic mass is 10.2. The molecule has 0 aliphatic carbocycles. The lowest BCUT2D eigenvalue weighted by Crippen LogP contribution is -2.22. The van der Waals surface area contributed by atoms with Gasteiger partial charge in [0, 0.05) is 19.7 Å². The van der Waals surface area contributed by atoms with Gasteiger partial charge in [0.05, 0.1) is 9.92 Å². The highest BCUT2D eigenvalue weighted by molar-refractivity contribution is 7.89. The summed E-state index contributed by atoms with van der Waals surface area (Å²) >= 11 is 5.73. The van der Waals surface area contributed by atoms with Crippen molar-refractivity contribution in [2.75, 3.05) is 14.1 Å². The second-order valence-corrected chi connectivity index (χ2v) is 5.65. The number of rotatable bonds is 3. The minimum Gasteiger partial charge on any atom is -0.298 e. The first-order valence-corrected chi connectivity index (χ1v) is 5.88. The standard InChI is InChI=1S/C9H10ClNO3S/c1-11(2)15(13,14)8-4-3-7(6-12)9(10)5-8/h3-6H,1-2H3. The fraction of sp³-hybridized carbons (Fsp3) is 0.222. The van der Waals surface area contributed by atoms with Crippen LogP contribution in [0.4, 0.5) is 0 Å². The fourth-order valence-corrected chi connectivity index (χ4v) is 2.19. The topological polar surface area (TPSA) is 54.5 Å². The maximum Gasteiger partial charge on any atom is 0.242 e. The molecular weight excluding hydrogens is 238 g/mol. The molecule has 1 rings (SSSR count). The van der Waals surface area contributed by atoms with E-state index in [1.165, 1.54) is 32.3 Å². The third-order valence-electron chi connectivity index (χ3n) is 1.88. The van der Waals surface area contributed by atoms with E-state index >= 15 is 0 Å². The average molecular weight is 248 g/mol. The number of carbonyl (C=O) groups excluding carboxylic acids is 1. The number of hydrogen-bond acceptors (Lipinski definition) is 3. The second kappa shape index (κ2) is 4.30. The maximum absolute atomic E-state index is 11.7. The highest BCUT2D eigenvalue weighted by Crippen LogP contribution is 2.21. The smallest absolute Gasteiger partial charge is 0.242 e. The van der Waals surface area contributed by atoms with Gasteiger partial charge in [-0.15, -0.1) is 0 Å². The third kappa shape index (κ3) is 2.37. The zero-order valence-corrected chi connectivity index (χ0v) is 9.84. The Kier molecular flexibility index (Phi) is 3.49. The van der Waals surface area contributed by atoms with E-state index in [-0.39, 0.29) is 15.5 Å². The molecule has 0 atom stereocenters. The van der Waals surface area contributed by atoms with E-state index in [4.69, 9.17) is 11.6 Å². The number of aldehydes is 1. The van der Waals surface area contributed by atoms with Crippen LogP contribution in [0.15, 0.2) is 23.1 Å². The van der Waals surface area contributed by atoms with Crippen LogP contribution in [-0.2, 0) is 10.0 Å². The maximum atomic E-state index is 11.7. The van der Waals surface area contributed by atoms with Gasteiger partial charge >= 0.3 is 0 Å². The van der Waals surface area contributed by atoms with Crippen molar-refractivity contribution in [3.8, 4) is 0 Å². The molecule has 0 aromatic heterocycles. The van der Waals surface area contributed by atoms with E-state index in [1.807, 2.05) is 0 Å². The quantitative estimate of drug-likeness (QED) is 0.759. The van der Waals surface area contributed by atoms with Gasteiger partial charge in [-0.2, -0.15) is 0 Å². The summed E-state index contributed by atoms with van der Waals surface area (Å²) < 4.78 is 24.4. The van der Waals surface area contributed by atoms with Crippen LogP contribution in [0.3, 0.4) is 0 Å². The first kappa shape index (κ1) is 12.2. The van der Waals surface area contributed by atoms with Crippen LogP contribution in [0.2, 0.25) is 5.02 Å². The minimum atomic E-state index is -3.49. The second-order valence-electron chi connectivity index (χ2n) is 3.09. The van der Waals surface area contributed by atoms with Crippen molar-refractivity contribution in [3.05, 3.63) is 28.8 Å². The highest BCUT2D eigenvalue weighted by atomic mass is 35.5. The third-order valence-corrected chi connectivity index (χ3v) is 4.02. The number of halogens is 1. The number of carbonyl (C=O) groups is 1. The van der Waals surface area contributed by atoms with Gasteiger partial charge in [-0.05, 0) is 18.2 Å². The molecule has 6 heteroatoms. The van der Waals surface area contributed by atoms with Crippen LogP contribution in [0, 0.1) is 0 Å². The molecule has 0 fully saturated rings. The Balaban J connectivity index is 3.31. The van der Waals surface area contributed by atoms with Crippen LogP contribution in [0.5, 0.6) is 0 Å². The normalized spacial score (nSPS) is 11.7. The molecule has 0 aliphatic rings. The molecule has 0 spiro atoms. The van der Waals surface area contributed by atoms with Crippen molar-refractivity contribution in [2.45, 2.75) is 4.90 Å². The molecule has 0 saturated heterocycles. The summed E-state index contributed by atoms with van der Waals surface area (Å²) in [5, 5.41) is 0.132. The summed E-state index contributed by atoms with van der Waals surface area (Å²) in [6, 6.07) is 4.00. The molecular formula is C9H10ClNO3S. The summed E-state index contributed by atoms with van der Waals surface area (Å²) in [5.41, 5.74) is 0.273. The number of nitrogens with zero attached hydrogens (tertiary/aromatic N) is 1. The predicted molar refractivity (Wildman–Crippen MR) is 57.7 cm³/mol. The Morgan fingerprint density at radius 2 is 1.93 bits per heavy atom. The Labute approximate surface area is 93.5 Å². The molecule has 0 aliphatic heterocycles. The molecule has 1 aromatic rings. The van der Waals surface area contributed by atoms with E-state index < -0.39 is 10.0 Å². The van der Waals surface area contributed by atoms with Crippen LogP contribution >= 0.6 is 11.6 Å². The first-order chi connectivity index (χ1) is 6.89. The fourth-order valence-electron chi connectivity index (χ4n) is 0.975. The summed E-state index contributed by atoms with van der Waals surface area (Å²) in [7, 11) is -0.637. The highest BCUT2D eigenvalue weighted by Gasteiger charge is 2.17. The summed E-state index contributed by atoms with van der Waals surface area (Å²) in [6.07, 6.45) is 0.578. The number of hydrogen-bond donors (Lipinski definition) is 0. The molecule has 0 amide bonds. The number of benzene rings is 1. The lowest BCUT2D eigenvalue weighted by molar-refractivity contribution is 0.112. The molecule has 0 N–H and O–H groups in total. The first-order valence-electron chi connectivity index (χ1n) is 4.07. The summed E-state index contributed by atoms with van der Waals surface area (Å²) in [6.45, 7) is 0. The van der Waals surface area contributed by atoms with Crippen molar-refractivity contribution >= 4 is 27.9 Å². The van der Waals surface area contributed by atoms with Crippen molar-refractivity contribution in [2.24, 2.45) is 0 Å². The Hall–Kier alpha value is -0.910. The molecule has 0 bridgehead atoms. The molecule has 0 unspecified atom stereocenters. The van der Waals surface area contributed by atoms with Gasteiger partial charge in [0.25, 0.3) is 0 Å². The molecule has 0 heterocycles. The zero-order chi connectivity index (χ0) is 11.6. The van der Waals surface area contributed by atoms with Gasteiger partial charge in [-0.3, -0.25) is 4.79 Å². The Morgan fingerprint density at radius 1 is 1.33 bits per heavy atom. The van der Waals surface area contributed by atoms with E-state index in [9.17, 15) is 13.2 Å². The van der Waals surface area contributed by atoms with Crippen molar-refractivity contribution in [1.82, 2.24) is 4.31 Å². The van der Waals surface area contributed by atoms with E-state index in [2.05, 4.69) is 0 Å². The molecule has 4 nitrogen and oxygen atoms in total. The lowest BCUT2D eigenvalue weighted by Gasteiger charge is -2.11. The molecule has 82 valence electrons. The monoisotopic (exact) mass is 247 g/mol. The van der Waals surface area contributed by atoms with E-state index in [0.717, 1.165) is 4.31 Å². The van der Waals surface area contributed by atoms with Gasteiger partial charge in [-0.1, -0.05) is 11.6 Å². The van der Waals surface area contributed by atoms with Crippen LogP contribution < -0.4 is 0 Å². The van der Waals surface area contributed by atoms with Crippen LogP contribution in [-0.4, -0.2) is 33.1 Å². The van der Waals surface area contributed by atoms with Crippen molar-refractivity contribution in [3.63, 3.8) is 0 Å². The predicted octanol–water partition coefficient (Wildman–Crippen LogP) is 1.40. The minimum absolute atomic E-state index is 0.0723. The van der Waals surface area contributed by atoms with E-state index in [1.54, 1.807) is 0 Å². The number of sulfonamides is 1. The molecule has 15 heavy (non-hydrogen) atoms. The van der Waals surface area contributed by atoms with Gasteiger partial charge in [-0.25, -0.2) is 12.7 Å². The van der Waals surface area contributed by atoms with Gasteiger partial charge < -0.3 is 0 Å². The molecule has 1 aromatic carbocycles. The van der Waals surface area contributed by atoms with Gasteiger partial charge in [0.15, 0.2) is 6.29 Å². The summed E-state index contributed by atoms with van der Waals surface area (Å²) in [5.74, 6) is 0. The zero-order valence-electron chi connectivity index (χ0n) is 8.27. The van der Waals surface area contributed by atoms with Gasteiger partial charge in [0.1, 0.15) is 0 Å². The molecule has 0 radical (unpaired) electrons. The van der Waals surface area contributed by atoms with Crippen molar-refractivity contribution in [1.29, 1.82) is 0 Å². The van der Waals surface area contributed by atoms with Crippen LogP contribution in [0.25, 0.3) is 0 Å². The summed E-state index contributed by atoms with van der Waals surface area (Å²) in [4.78, 5) is 10.6. The van der Waals surface area contributed by atoms with Crippen LogP contribution in [0.1, 0.15) is 10.4 Å². The Morgan fingerprint density at radius 3 is 2.33 bits per heavy atom. The average Bonchev–Trinajstić information content (AvgIpc) is 2.17. The Bertz CT molecular complexity index is 482. The van der Waals surface area contributed by atoms with E-state index in [0.29, 0.717) is 6.29 Å². The molecule has 0 saturated carbocycles. The van der Waals surface area contributed by atoms with Gasteiger partial charge in [0.2, 0.25) is 10.0 Å². The SMILES string of the molecule is CN(C)S(=O)(=O)c1ccc(C=O)c(Cl)c1.